The Hall–Kier alpha value is -2.81. The molecule has 3 aromatic rings. The van der Waals surface area contributed by atoms with Crippen LogP contribution in [0.4, 0.5) is 15.2 Å². The van der Waals surface area contributed by atoms with Crippen molar-refractivity contribution in [3.05, 3.63) is 53.0 Å². The van der Waals surface area contributed by atoms with Crippen LogP contribution in [0.5, 0.6) is 0 Å². The molecular formula is C17H17FN6OS. The van der Waals surface area contributed by atoms with Crippen molar-refractivity contribution in [2.75, 3.05) is 16.8 Å². The van der Waals surface area contributed by atoms with Crippen LogP contribution in [0.25, 0.3) is 0 Å². The minimum absolute atomic E-state index is 0.00767. The van der Waals surface area contributed by atoms with E-state index in [-0.39, 0.29) is 17.8 Å². The molecule has 7 nitrogen and oxygen atoms in total. The summed E-state index contributed by atoms with van der Waals surface area (Å²) in [7, 11) is 1.82. The Morgan fingerprint density at radius 2 is 2.12 bits per heavy atom. The fraction of sp³-hybridized carbons (Fsp3) is 0.294. The lowest BCUT2D eigenvalue weighted by Gasteiger charge is -2.14. The first-order chi connectivity index (χ1) is 12.6. The van der Waals surface area contributed by atoms with Crippen LogP contribution in [0.2, 0.25) is 0 Å². The summed E-state index contributed by atoms with van der Waals surface area (Å²) in [6, 6.07) is 6.01. The van der Waals surface area contributed by atoms with Crippen molar-refractivity contribution in [1.82, 2.24) is 20.0 Å². The normalized spacial score (nSPS) is 17.1. The molecule has 0 radical (unpaired) electrons. The molecule has 1 N–H and O–H groups in total. The Labute approximate surface area is 153 Å². The quantitative estimate of drug-likeness (QED) is 0.743. The third-order valence-electron chi connectivity index (χ3n) is 4.24. The highest BCUT2D eigenvalue weighted by molar-refractivity contribution is 7.15. The molecule has 1 aromatic carbocycles. The summed E-state index contributed by atoms with van der Waals surface area (Å²) in [5, 5.41) is 17.0. The van der Waals surface area contributed by atoms with Gasteiger partial charge in [-0.15, -0.1) is 10.2 Å². The molecule has 9 heteroatoms. The number of hydrogen-bond acceptors (Lipinski definition) is 6. The highest BCUT2D eigenvalue weighted by Gasteiger charge is 2.33. The number of nitrogens with zero attached hydrogens (tertiary/aromatic N) is 5. The first kappa shape index (κ1) is 16.6. The number of benzene rings is 1. The Bertz CT molecular complexity index is 921. The second-order valence-corrected chi connectivity index (χ2v) is 7.21. The largest absolute Gasteiger partial charge is 0.348 e. The first-order valence-corrected chi connectivity index (χ1v) is 9.03. The van der Waals surface area contributed by atoms with E-state index in [1.165, 1.54) is 23.5 Å². The van der Waals surface area contributed by atoms with Crippen molar-refractivity contribution in [2.45, 2.75) is 18.9 Å². The molecule has 0 aliphatic carbocycles. The van der Waals surface area contributed by atoms with Crippen molar-refractivity contribution >= 4 is 28.1 Å². The predicted molar refractivity (Wildman–Crippen MR) is 96.7 cm³/mol. The zero-order valence-corrected chi connectivity index (χ0v) is 14.9. The molecule has 26 heavy (non-hydrogen) atoms. The summed E-state index contributed by atoms with van der Waals surface area (Å²) in [6.07, 6.45) is 4.79. The SMILES string of the molecule is Cn1cc(N2CCC(Nc3nnc(Cc4ccc(F)cc4)s3)C2=O)cn1. The third-order valence-corrected chi connectivity index (χ3v) is 5.10. The highest BCUT2D eigenvalue weighted by atomic mass is 32.1. The number of rotatable bonds is 5. The Morgan fingerprint density at radius 3 is 2.85 bits per heavy atom. The molecule has 2 aromatic heterocycles. The number of aryl methyl sites for hydroxylation is 1. The number of aromatic nitrogens is 4. The first-order valence-electron chi connectivity index (χ1n) is 8.22. The van der Waals surface area contributed by atoms with E-state index in [1.807, 2.05) is 13.2 Å². The van der Waals surface area contributed by atoms with Gasteiger partial charge in [0.1, 0.15) is 16.9 Å². The van der Waals surface area contributed by atoms with E-state index in [0.717, 1.165) is 16.3 Å². The minimum Gasteiger partial charge on any atom is -0.348 e. The molecule has 134 valence electrons. The van der Waals surface area contributed by atoms with Crippen LogP contribution < -0.4 is 10.2 Å². The molecule has 1 unspecified atom stereocenters. The molecule has 1 aliphatic heterocycles. The molecule has 1 aliphatic rings. The maximum atomic E-state index is 13.0. The standard InChI is InChI=1S/C17H17FN6OS/c1-23-10-13(9-19-23)24-7-6-14(16(24)25)20-17-22-21-15(26-17)8-11-2-4-12(18)5-3-11/h2-5,9-10,14H,6-8H2,1H3,(H,20,22). The predicted octanol–water partition coefficient (Wildman–Crippen LogP) is 2.22. The highest BCUT2D eigenvalue weighted by Crippen LogP contribution is 2.25. The van der Waals surface area contributed by atoms with Crippen molar-refractivity contribution in [1.29, 1.82) is 0 Å². The van der Waals surface area contributed by atoms with Gasteiger partial charge in [-0.1, -0.05) is 23.5 Å². The van der Waals surface area contributed by atoms with Gasteiger partial charge in [-0.3, -0.25) is 9.48 Å². The third kappa shape index (κ3) is 3.43. The maximum Gasteiger partial charge on any atom is 0.249 e. The van der Waals surface area contributed by atoms with Crippen LogP contribution in [0, 0.1) is 5.82 Å². The van der Waals surface area contributed by atoms with E-state index in [9.17, 15) is 9.18 Å². The Kier molecular flexibility index (Phi) is 4.37. The van der Waals surface area contributed by atoms with Crippen LogP contribution in [0.15, 0.2) is 36.7 Å². The molecule has 1 amide bonds. The second kappa shape index (κ2) is 6.83. The van der Waals surface area contributed by atoms with Gasteiger partial charge in [0.05, 0.1) is 11.9 Å². The zero-order chi connectivity index (χ0) is 18.1. The number of amides is 1. The average Bonchev–Trinajstić information content (AvgIpc) is 3.33. The van der Waals surface area contributed by atoms with Crippen molar-refractivity contribution in [2.24, 2.45) is 7.05 Å². The molecule has 3 heterocycles. The Morgan fingerprint density at radius 1 is 1.31 bits per heavy atom. The van der Waals surface area contributed by atoms with Crippen LogP contribution in [0.1, 0.15) is 17.0 Å². The van der Waals surface area contributed by atoms with Gasteiger partial charge in [0.25, 0.3) is 0 Å². The summed E-state index contributed by atoms with van der Waals surface area (Å²) in [5.41, 5.74) is 1.77. The van der Waals surface area contributed by atoms with Crippen LogP contribution in [-0.4, -0.2) is 38.5 Å². The fourth-order valence-electron chi connectivity index (χ4n) is 2.93. The topological polar surface area (TPSA) is 75.9 Å². The van der Waals surface area contributed by atoms with Gasteiger partial charge >= 0.3 is 0 Å². The lowest BCUT2D eigenvalue weighted by atomic mass is 10.2. The summed E-state index contributed by atoms with van der Waals surface area (Å²) >= 11 is 1.41. The van der Waals surface area contributed by atoms with Gasteiger partial charge in [0, 0.05) is 26.2 Å². The van der Waals surface area contributed by atoms with Crippen molar-refractivity contribution in [3.8, 4) is 0 Å². The molecule has 1 fully saturated rings. The van der Waals surface area contributed by atoms with Crippen LogP contribution in [0.3, 0.4) is 0 Å². The maximum absolute atomic E-state index is 13.0. The lowest BCUT2D eigenvalue weighted by molar-refractivity contribution is -0.117. The molecular weight excluding hydrogens is 355 g/mol. The summed E-state index contributed by atoms with van der Waals surface area (Å²) < 4.78 is 14.6. The number of hydrogen-bond donors (Lipinski definition) is 1. The van der Waals surface area contributed by atoms with E-state index < -0.39 is 0 Å². The number of carbonyl (C=O) groups is 1. The Balaban J connectivity index is 1.40. The van der Waals surface area contributed by atoms with E-state index in [4.69, 9.17) is 0 Å². The van der Waals surface area contributed by atoms with Crippen molar-refractivity contribution < 1.29 is 9.18 Å². The molecule has 1 saturated heterocycles. The fourth-order valence-corrected chi connectivity index (χ4v) is 3.75. The smallest absolute Gasteiger partial charge is 0.249 e. The van der Waals surface area contributed by atoms with Gasteiger partial charge in [0.15, 0.2) is 0 Å². The summed E-state index contributed by atoms with van der Waals surface area (Å²) in [6.45, 7) is 0.642. The van der Waals surface area contributed by atoms with E-state index in [2.05, 4.69) is 20.6 Å². The van der Waals surface area contributed by atoms with Crippen molar-refractivity contribution in [3.63, 3.8) is 0 Å². The molecule has 4 rings (SSSR count). The van der Waals surface area contributed by atoms with Gasteiger partial charge in [-0.25, -0.2) is 4.39 Å². The van der Waals surface area contributed by atoms with Gasteiger partial charge in [-0.2, -0.15) is 5.10 Å². The zero-order valence-electron chi connectivity index (χ0n) is 14.1. The number of nitrogens with one attached hydrogen (secondary N) is 1. The number of anilines is 2. The molecule has 1 atom stereocenters. The molecule has 0 bridgehead atoms. The average molecular weight is 372 g/mol. The second-order valence-electron chi connectivity index (χ2n) is 6.15. The minimum atomic E-state index is -0.318. The monoisotopic (exact) mass is 372 g/mol. The number of carbonyl (C=O) groups excluding carboxylic acids is 1. The van der Waals surface area contributed by atoms with Gasteiger partial charge in [0.2, 0.25) is 11.0 Å². The lowest BCUT2D eigenvalue weighted by Crippen LogP contribution is -2.33. The van der Waals surface area contributed by atoms with E-state index in [1.54, 1.807) is 27.9 Å². The van der Waals surface area contributed by atoms with Gasteiger partial charge in [-0.05, 0) is 24.1 Å². The molecule has 0 spiro atoms. The summed E-state index contributed by atoms with van der Waals surface area (Å²) in [4.78, 5) is 14.3. The van der Waals surface area contributed by atoms with E-state index >= 15 is 0 Å². The van der Waals surface area contributed by atoms with Crippen LogP contribution >= 0.6 is 11.3 Å². The number of halogens is 1. The summed E-state index contributed by atoms with van der Waals surface area (Å²) in [5.74, 6) is -0.250. The van der Waals surface area contributed by atoms with Crippen LogP contribution in [-0.2, 0) is 18.3 Å². The van der Waals surface area contributed by atoms with E-state index in [0.29, 0.717) is 24.5 Å². The van der Waals surface area contributed by atoms with Gasteiger partial charge < -0.3 is 10.2 Å². The molecule has 0 saturated carbocycles.